The normalized spacial score (nSPS) is 10.0. The van der Waals surface area contributed by atoms with Gasteiger partial charge in [-0.2, -0.15) is 0 Å². The van der Waals surface area contributed by atoms with E-state index in [2.05, 4.69) is 20.1 Å². The lowest BCUT2D eigenvalue weighted by atomic mass is 10.2. The molecule has 6 nitrogen and oxygen atoms in total. The van der Waals surface area contributed by atoms with Crippen molar-refractivity contribution in [2.45, 2.75) is 0 Å². The zero-order chi connectivity index (χ0) is 12.3. The average Bonchev–Trinajstić information content (AvgIpc) is 2.81. The molecule has 0 unspecified atom stereocenters. The number of ether oxygens (including phenoxy) is 1. The number of nitrogens with one attached hydrogen (secondary N) is 1. The smallest absolute Gasteiger partial charge is 0.260 e. The number of anilines is 1. The van der Waals surface area contributed by atoms with Gasteiger partial charge in [-0.1, -0.05) is 9.59 Å². The zero-order valence-electron chi connectivity index (χ0n) is 8.68. The van der Waals surface area contributed by atoms with Crippen LogP contribution in [0.25, 0.3) is 0 Å². The van der Waals surface area contributed by atoms with Crippen LogP contribution in [0.15, 0.2) is 18.2 Å². The molecule has 0 aliphatic heterocycles. The molecule has 0 aliphatic rings. The SMILES string of the molecule is COc1ccc(C(=O)Nc2nnns2)c(F)c1. The molecule has 0 fully saturated rings. The maximum atomic E-state index is 13.5. The van der Waals surface area contributed by atoms with E-state index in [-0.39, 0.29) is 10.7 Å². The van der Waals surface area contributed by atoms with Gasteiger partial charge in [0.25, 0.3) is 5.91 Å². The molecule has 2 rings (SSSR count). The highest BCUT2D eigenvalue weighted by Gasteiger charge is 2.14. The number of aromatic nitrogens is 3. The Bertz CT molecular complexity index is 532. The maximum Gasteiger partial charge on any atom is 0.260 e. The molecule has 0 radical (unpaired) electrons. The first kappa shape index (κ1) is 11.4. The molecular formula is C9H7FN4O2S. The topological polar surface area (TPSA) is 77.0 Å². The summed E-state index contributed by atoms with van der Waals surface area (Å²) >= 11 is 0.908. The lowest BCUT2D eigenvalue weighted by Crippen LogP contribution is -2.13. The standard InChI is InChI=1S/C9H7FN4O2S/c1-16-5-2-3-6(7(10)4-5)8(15)11-9-12-13-14-17-9/h2-4H,1H3,(H,11,12,14,15). The fourth-order valence-corrected chi connectivity index (χ4v) is 1.52. The van der Waals surface area contributed by atoms with Gasteiger partial charge in [0.1, 0.15) is 11.6 Å². The highest BCUT2D eigenvalue weighted by molar-refractivity contribution is 7.09. The molecule has 1 amide bonds. The summed E-state index contributed by atoms with van der Waals surface area (Å²) in [5.74, 6) is -0.931. The Morgan fingerprint density at radius 1 is 1.53 bits per heavy atom. The van der Waals surface area contributed by atoms with Crippen molar-refractivity contribution in [1.29, 1.82) is 0 Å². The molecule has 88 valence electrons. The van der Waals surface area contributed by atoms with Gasteiger partial charge in [-0.15, -0.1) is 0 Å². The molecule has 0 aliphatic carbocycles. The molecule has 1 heterocycles. The summed E-state index contributed by atoms with van der Waals surface area (Å²) < 4.78 is 21.8. The van der Waals surface area contributed by atoms with Gasteiger partial charge in [0, 0.05) is 17.6 Å². The molecular weight excluding hydrogens is 247 g/mol. The Kier molecular flexibility index (Phi) is 3.24. The van der Waals surface area contributed by atoms with Gasteiger partial charge in [0.15, 0.2) is 0 Å². The Hall–Kier alpha value is -2.09. The number of hydrogen-bond acceptors (Lipinski definition) is 6. The second-order valence-electron chi connectivity index (χ2n) is 2.97. The van der Waals surface area contributed by atoms with Crippen LogP contribution in [0.1, 0.15) is 10.4 Å². The van der Waals surface area contributed by atoms with Gasteiger partial charge in [-0.05, 0) is 17.3 Å². The van der Waals surface area contributed by atoms with Crippen LogP contribution in [-0.2, 0) is 0 Å². The Morgan fingerprint density at radius 2 is 2.35 bits per heavy atom. The van der Waals surface area contributed by atoms with Crippen LogP contribution in [0.2, 0.25) is 0 Å². The quantitative estimate of drug-likeness (QED) is 0.894. The van der Waals surface area contributed by atoms with Crippen molar-refractivity contribution in [2.24, 2.45) is 0 Å². The molecule has 8 heteroatoms. The largest absolute Gasteiger partial charge is 0.497 e. The Balaban J connectivity index is 2.19. The molecule has 1 aromatic carbocycles. The van der Waals surface area contributed by atoms with Crippen LogP contribution in [-0.4, -0.2) is 27.8 Å². The molecule has 1 aromatic heterocycles. The van der Waals surface area contributed by atoms with Gasteiger partial charge in [-0.3, -0.25) is 10.1 Å². The number of benzene rings is 1. The summed E-state index contributed by atoms with van der Waals surface area (Å²) in [6, 6.07) is 3.96. The van der Waals surface area contributed by atoms with Crippen LogP contribution >= 0.6 is 11.5 Å². The van der Waals surface area contributed by atoms with E-state index >= 15 is 0 Å². The number of carbonyl (C=O) groups is 1. The highest BCUT2D eigenvalue weighted by Crippen LogP contribution is 2.17. The summed E-state index contributed by atoms with van der Waals surface area (Å²) in [5.41, 5.74) is -0.0963. The Morgan fingerprint density at radius 3 is 2.94 bits per heavy atom. The van der Waals surface area contributed by atoms with E-state index < -0.39 is 11.7 Å². The first-order valence-corrected chi connectivity index (χ1v) is 5.28. The van der Waals surface area contributed by atoms with Crippen molar-refractivity contribution in [3.8, 4) is 5.75 Å². The minimum absolute atomic E-state index is 0.0963. The number of halogens is 1. The minimum Gasteiger partial charge on any atom is -0.497 e. The van der Waals surface area contributed by atoms with Crippen LogP contribution in [0, 0.1) is 5.82 Å². The number of nitrogens with zero attached hydrogens (tertiary/aromatic N) is 3. The number of rotatable bonds is 3. The molecule has 1 N–H and O–H groups in total. The summed E-state index contributed by atoms with van der Waals surface area (Å²) in [7, 11) is 1.42. The third-order valence-corrected chi connectivity index (χ3v) is 2.45. The average molecular weight is 254 g/mol. The van der Waals surface area contributed by atoms with Crippen LogP contribution in [0.4, 0.5) is 9.52 Å². The van der Waals surface area contributed by atoms with E-state index in [0.29, 0.717) is 5.75 Å². The predicted octanol–water partition coefficient (Wildman–Crippen LogP) is 1.33. The monoisotopic (exact) mass is 254 g/mol. The number of hydrogen-bond donors (Lipinski definition) is 1. The third kappa shape index (κ3) is 2.53. The van der Waals surface area contributed by atoms with E-state index in [1.165, 1.54) is 19.2 Å². The Labute approximate surface area is 99.6 Å². The van der Waals surface area contributed by atoms with Gasteiger partial charge in [0.2, 0.25) is 5.13 Å². The van der Waals surface area contributed by atoms with E-state index in [0.717, 1.165) is 17.6 Å². The van der Waals surface area contributed by atoms with Crippen molar-refractivity contribution in [2.75, 3.05) is 12.4 Å². The maximum absolute atomic E-state index is 13.5. The lowest BCUT2D eigenvalue weighted by molar-refractivity contribution is 0.102. The van der Waals surface area contributed by atoms with Crippen LogP contribution in [0.5, 0.6) is 5.75 Å². The van der Waals surface area contributed by atoms with Crippen LogP contribution in [0.3, 0.4) is 0 Å². The summed E-state index contributed by atoms with van der Waals surface area (Å²) in [6.07, 6.45) is 0. The fourth-order valence-electron chi connectivity index (χ4n) is 1.15. The number of amides is 1. The van der Waals surface area contributed by atoms with Crippen molar-refractivity contribution in [1.82, 2.24) is 14.8 Å². The third-order valence-electron chi connectivity index (χ3n) is 1.94. The van der Waals surface area contributed by atoms with Gasteiger partial charge < -0.3 is 4.74 Å². The van der Waals surface area contributed by atoms with Crippen molar-refractivity contribution >= 4 is 22.6 Å². The molecule has 17 heavy (non-hydrogen) atoms. The summed E-state index contributed by atoms with van der Waals surface area (Å²) in [5, 5.41) is 9.42. The second-order valence-corrected chi connectivity index (χ2v) is 3.70. The molecule has 2 aromatic rings. The van der Waals surface area contributed by atoms with E-state index in [1.54, 1.807) is 0 Å². The van der Waals surface area contributed by atoms with Gasteiger partial charge in [0.05, 0.1) is 12.7 Å². The van der Waals surface area contributed by atoms with E-state index in [1.807, 2.05) is 0 Å². The van der Waals surface area contributed by atoms with Crippen molar-refractivity contribution in [3.05, 3.63) is 29.6 Å². The fraction of sp³-hybridized carbons (Fsp3) is 0.111. The minimum atomic E-state index is -0.667. The molecule has 0 spiro atoms. The highest BCUT2D eigenvalue weighted by atomic mass is 32.1. The molecule has 0 atom stereocenters. The second kappa shape index (κ2) is 4.83. The lowest BCUT2D eigenvalue weighted by Gasteiger charge is -2.04. The van der Waals surface area contributed by atoms with Crippen LogP contribution < -0.4 is 10.1 Å². The van der Waals surface area contributed by atoms with Crippen molar-refractivity contribution < 1.29 is 13.9 Å². The first-order chi connectivity index (χ1) is 8.20. The van der Waals surface area contributed by atoms with Crippen molar-refractivity contribution in [3.63, 3.8) is 0 Å². The van der Waals surface area contributed by atoms with E-state index in [9.17, 15) is 9.18 Å². The first-order valence-electron chi connectivity index (χ1n) is 4.50. The number of carbonyl (C=O) groups excluding carboxylic acids is 1. The zero-order valence-corrected chi connectivity index (χ0v) is 9.49. The number of methoxy groups -OCH3 is 1. The molecule has 0 saturated carbocycles. The van der Waals surface area contributed by atoms with Gasteiger partial charge >= 0.3 is 0 Å². The van der Waals surface area contributed by atoms with E-state index in [4.69, 9.17) is 4.74 Å². The van der Waals surface area contributed by atoms with Gasteiger partial charge in [-0.25, -0.2) is 4.39 Å². The summed E-state index contributed by atoms with van der Waals surface area (Å²) in [6.45, 7) is 0. The molecule has 0 bridgehead atoms. The predicted molar refractivity (Wildman–Crippen MR) is 58.6 cm³/mol. The molecule has 0 saturated heterocycles. The summed E-state index contributed by atoms with van der Waals surface area (Å²) in [4.78, 5) is 11.7.